The molecule has 0 unspecified atom stereocenters. The second-order valence-corrected chi connectivity index (χ2v) is 4.60. The Morgan fingerprint density at radius 3 is 2.77 bits per heavy atom. The number of hydrogen-bond donors (Lipinski definition) is 1. The van der Waals surface area contributed by atoms with Crippen LogP contribution in [0.2, 0.25) is 0 Å². The van der Waals surface area contributed by atoms with E-state index in [1.54, 1.807) is 30.6 Å². The number of carbonyl (C=O) groups is 1. The average Bonchev–Trinajstić information content (AvgIpc) is 3.02. The van der Waals surface area contributed by atoms with Gasteiger partial charge < -0.3 is 9.72 Å². The summed E-state index contributed by atoms with van der Waals surface area (Å²) in [6.45, 7) is 0. The zero-order chi connectivity index (χ0) is 15.4. The Labute approximate surface area is 127 Å². The largest absolute Gasteiger partial charge is 0.321 e. The lowest BCUT2D eigenvalue weighted by Crippen LogP contribution is -2.13. The van der Waals surface area contributed by atoms with Gasteiger partial charge in [0.2, 0.25) is 0 Å². The number of nitrogens with one attached hydrogen (secondary N) is 1. The number of anilines is 1. The first-order valence-electron chi connectivity index (χ1n) is 6.68. The third-order valence-electron chi connectivity index (χ3n) is 3.15. The van der Waals surface area contributed by atoms with Crippen molar-refractivity contribution in [2.24, 2.45) is 0 Å². The summed E-state index contributed by atoms with van der Waals surface area (Å²) in [5, 5.41) is 12.0. The van der Waals surface area contributed by atoms with Crippen LogP contribution < -0.4 is 5.32 Å². The van der Waals surface area contributed by atoms with E-state index < -0.39 is 5.91 Å². The standard InChI is InChI=1S/C17H12N4O/c18-12-13(17(22)20-14-5-2-1-3-6-14)11-15-7-4-8-16-19-9-10-21(15)16/h1-11H,(H,20,22). The van der Waals surface area contributed by atoms with Crippen LogP contribution in [-0.2, 0) is 4.79 Å². The highest BCUT2D eigenvalue weighted by Gasteiger charge is 2.10. The van der Waals surface area contributed by atoms with Crippen LogP contribution in [-0.4, -0.2) is 15.3 Å². The molecule has 1 aromatic carbocycles. The molecule has 0 aliphatic rings. The predicted molar refractivity (Wildman–Crippen MR) is 83.9 cm³/mol. The third kappa shape index (κ3) is 2.72. The SMILES string of the molecule is N#CC(=Cc1cccc2nccn12)C(=O)Nc1ccccc1. The highest BCUT2D eigenvalue weighted by atomic mass is 16.1. The Kier molecular flexibility index (Phi) is 3.67. The molecule has 106 valence electrons. The minimum atomic E-state index is -0.439. The molecule has 2 heterocycles. The monoisotopic (exact) mass is 288 g/mol. The molecule has 1 N–H and O–H groups in total. The number of benzene rings is 1. The van der Waals surface area contributed by atoms with Gasteiger partial charge in [-0.2, -0.15) is 5.26 Å². The fraction of sp³-hybridized carbons (Fsp3) is 0. The number of nitriles is 1. The summed E-state index contributed by atoms with van der Waals surface area (Å²) < 4.78 is 1.81. The van der Waals surface area contributed by atoms with Crippen molar-refractivity contribution in [3.05, 3.63) is 72.2 Å². The Bertz CT molecular complexity index is 888. The zero-order valence-electron chi connectivity index (χ0n) is 11.6. The minimum Gasteiger partial charge on any atom is -0.321 e. The van der Waals surface area contributed by atoms with Gasteiger partial charge in [0.1, 0.15) is 17.3 Å². The van der Waals surface area contributed by atoms with Crippen LogP contribution in [0.15, 0.2) is 66.5 Å². The van der Waals surface area contributed by atoms with Crippen molar-refractivity contribution in [2.45, 2.75) is 0 Å². The summed E-state index contributed by atoms with van der Waals surface area (Å²) in [6, 6.07) is 16.5. The Hall–Kier alpha value is -3.39. The molecule has 0 spiro atoms. The molecule has 1 amide bonds. The lowest BCUT2D eigenvalue weighted by atomic mass is 10.2. The van der Waals surface area contributed by atoms with Crippen molar-refractivity contribution in [1.29, 1.82) is 5.26 Å². The summed E-state index contributed by atoms with van der Waals surface area (Å²) in [5.41, 5.74) is 2.16. The number of fused-ring (bicyclic) bond motifs is 1. The number of aromatic nitrogens is 2. The average molecular weight is 288 g/mol. The fourth-order valence-corrected chi connectivity index (χ4v) is 2.10. The van der Waals surface area contributed by atoms with Crippen LogP contribution in [0.1, 0.15) is 5.69 Å². The van der Waals surface area contributed by atoms with Crippen molar-refractivity contribution < 1.29 is 4.79 Å². The minimum absolute atomic E-state index is 0.0325. The molecular formula is C17H12N4O. The van der Waals surface area contributed by atoms with E-state index in [0.717, 1.165) is 11.3 Å². The Morgan fingerprint density at radius 2 is 2.00 bits per heavy atom. The number of amides is 1. The Morgan fingerprint density at radius 1 is 1.18 bits per heavy atom. The molecule has 0 saturated carbocycles. The molecule has 0 aliphatic heterocycles. The number of pyridine rings is 1. The first-order valence-corrected chi connectivity index (χ1v) is 6.68. The maximum Gasteiger partial charge on any atom is 0.266 e. The van der Waals surface area contributed by atoms with E-state index in [-0.39, 0.29) is 5.57 Å². The quantitative estimate of drug-likeness (QED) is 0.595. The normalized spacial score (nSPS) is 11.1. The van der Waals surface area contributed by atoms with Gasteiger partial charge in [0.05, 0.1) is 0 Å². The van der Waals surface area contributed by atoms with Crippen LogP contribution in [0.25, 0.3) is 11.7 Å². The van der Waals surface area contributed by atoms with E-state index >= 15 is 0 Å². The molecule has 5 nitrogen and oxygen atoms in total. The second kappa shape index (κ2) is 5.94. The number of nitrogens with zero attached hydrogens (tertiary/aromatic N) is 3. The van der Waals surface area contributed by atoms with Gasteiger partial charge >= 0.3 is 0 Å². The van der Waals surface area contributed by atoms with Gasteiger partial charge in [-0.1, -0.05) is 24.3 Å². The molecule has 3 aromatic rings. The summed E-state index contributed by atoms with van der Waals surface area (Å²) >= 11 is 0. The number of rotatable bonds is 3. The van der Waals surface area contributed by atoms with E-state index in [2.05, 4.69) is 10.3 Å². The summed E-state index contributed by atoms with van der Waals surface area (Å²) in [5.74, 6) is -0.439. The highest BCUT2D eigenvalue weighted by Crippen LogP contribution is 2.12. The predicted octanol–water partition coefficient (Wildman–Crippen LogP) is 2.88. The molecular weight excluding hydrogens is 276 g/mol. The molecule has 0 radical (unpaired) electrons. The van der Waals surface area contributed by atoms with Gasteiger partial charge in [-0.3, -0.25) is 4.79 Å². The van der Waals surface area contributed by atoms with Gasteiger partial charge in [-0.05, 0) is 30.3 Å². The van der Waals surface area contributed by atoms with Crippen molar-refractivity contribution in [3.8, 4) is 6.07 Å². The van der Waals surface area contributed by atoms with Crippen LogP contribution in [0.4, 0.5) is 5.69 Å². The van der Waals surface area contributed by atoms with E-state index in [1.807, 2.05) is 46.9 Å². The molecule has 2 aromatic heterocycles. The molecule has 0 atom stereocenters. The lowest BCUT2D eigenvalue weighted by Gasteiger charge is -2.04. The van der Waals surface area contributed by atoms with Crippen molar-refractivity contribution in [3.63, 3.8) is 0 Å². The molecule has 3 rings (SSSR count). The summed E-state index contributed by atoms with van der Waals surface area (Å²) in [4.78, 5) is 16.4. The van der Waals surface area contributed by atoms with Gasteiger partial charge in [-0.15, -0.1) is 0 Å². The highest BCUT2D eigenvalue weighted by molar-refractivity contribution is 6.09. The van der Waals surface area contributed by atoms with Crippen LogP contribution in [0.3, 0.4) is 0 Å². The Balaban J connectivity index is 1.92. The smallest absolute Gasteiger partial charge is 0.266 e. The zero-order valence-corrected chi connectivity index (χ0v) is 11.6. The van der Waals surface area contributed by atoms with E-state index in [4.69, 9.17) is 0 Å². The number of carbonyl (C=O) groups excluding carboxylic acids is 1. The lowest BCUT2D eigenvalue weighted by molar-refractivity contribution is -0.112. The fourth-order valence-electron chi connectivity index (χ4n) is 2.10. The topological polar surface area (TPSA) is 70.2 Å². The van der Waals surface area contributed by atoms with Crippen LogP contribution in [0.5, 0.6) is 0 Å². The maximum atomic E-state index is 12.2. The summed E-state index contributed by atoms with van der Waals surface area (Å²) in [6.07, 6.45) is 5.00. The second-order valence-electron chi connectivity index (χ2n) is 4.60. The van der Waals surface area contributed by atoms with Crippen LogP contribution >= 0.6 is 0 Å². The van der Waals surface area contributed by atoms with Crippen molar-refractivity contribution in [2.75, 3.05) is 5.32 Å². The van der Waals surface area contributed by atoms with Crippen LogP contribution in [0, 0.1) is 11.3 Å². The maximum absolute atomic E-state index is 12.2. The molecule has 22 heavy (non-hydrogen) atoms. The molecule has 5 heteroatoms. The number of hydrogen-bond acceptors (Lipinski definition) is 3. The first kappa shape index (κ1) is 13.6. The van der Waals surface area contributed by atoms with Gasteiger partial charge in [0, 0.05) is 23.8 Å². The molecule has 0 fully saturated rings. The van der Waals surface area contributed by atoms with E-state index in [1.165, 1.54) is 0 Å². The number of imidazole rings is 1. The van der Waals surface area contributed by atoms with Gasteiger partial charge in [0.15, 0.2) is 0 Å². The first-order chi connectivity index (χ1) is 10.8. The summed E-state index contributed by atoms with van der Waals surface area (Å²) in [7, 11) is 0. The number of para-hydroxylation sites is 1. The molecule has 0 aliphatic carbocycles. The van der Waals surface area contributed by atoms with Gasteiger partial charge in [0.25, 0.3) is 5.91 Å². The molecule has 0 bridgehead atoms. The molecule has 0 saturated heterocycles. The van der Waals surface area contributed by atoms with E-state index in [9.17, 15) is 10.1 Å². The van der Waals surface area contributed by atoms with E-state index in [0.29, 0.717) is 5.69 Å². The third-order valence-corrected chi connectivity index (χ3v) is 3.15. The van der Waals surface area contributed by atoms with Gasteiger partial charge in [-0.25, -0.2) is 4.98 Å². The van der Waals surface area contributed by atoms with Crippen molar-refractivity contribution in [1.82, 2.24) is 9.38 Å². The van der Waals surface area contributed by atoms with Crippen molar-refractivity contribution >= 4 is 23.3 Å².